The summed E-state index contributed by atoms with van der Waals surface area (Å²) >= 11 is 4.95. The van der Waals surface area contributed by atoms with Gasteiger partial charge < -0.3 is 15.4 Å². The molecule has 0 radical (unpaired) electrons. The average Bonchev–Trinajstić information content (AvgIpc) is 2.80. The average molecular weight is 318 g/mol. The SMILES string of the molecule is COCCN1C(=O)N=C(N)C1c1ccc(Br)s1. The van der Waals surface area contributed by atoms with Crippen LogP contribution in [-0.2, 0) is 4.74 Å². The van der Waals surface area contributed by atoms with Crippen LogP contribution in [0.25, 0.3) is 0 Å². The minimum absolute atomic E-state index is 0.256. The van der Waals surface area contributed by atoms with Crippen LogP contribution in [-0.4, -0.2) is 37.0 Å². The Bertz CT molecular complexity index is 460. The van der Waals surface area contributed by atoms with E-state index in [4.69, 9.17) is 10.5 Å². The molecule has 1 aromatic heterocycles. The number of halogens is 1. The van der Waals surface area contributed by atoms with Crippen LogP contribution < -0.4 is 5.73 Å². The fourth-order valence-corrected chi connectivity index (χ4v) is 3.24. The van der Waals surface area contributed by atoms with Gasteiger partial charge in [0.05, 0.1) is 10.4 Å². The van der Waals surface area contributed by atoms with Crippen molar-refractivity contribution in [1.29, 1.82) is 0 Å². The van der Waals surface area contributed by atoms with Gasteiger partial charge in [0.15, 0.2) is 0 Å². The van der Waals surface area contributed by atoms with E-state index < -0.39 is 0 Å². The Hall–Kier alpha value is -0.920. The van der Waals surface area contributed by atoms with Crippen molar-refractivity contribution in [3.8, 4) is 0 Å². The van der Waals surface area contributed by atoms with Crippen molar-refractivity contribution in [3.05, 3.63) is 20.8 Å². The quantitative estimate of drug-likeness (QED) is 0.923. The largest absolute Gasteiger partial charge is 0.385 e. The van der Waals surface area contributed by atoms with Gasteiger partial charge >= 0.3 is 6.03 Å². The number of methoxy groups -OCH3 is 1. The molecule has 2 heterocycles. The fraction of sp³-hybridized carbons (Fsp3) is 0.400. The Morgan fingerprint density at radius 2 is 2.41 bits per heavy atom. The fourth-order valence-electron chi connectivity index (χ4n) is 1.69. The maximum atomic E-state index is 11.7. The molecule has 1 unspecified atom stereocenters. The minimum atomic E-state index is -0.297. The van der Waals surface area contributed by atoms with Gasteiger partial charge in [-0.15, -0.1) is 11.3 Å². The number of nitrogens with two attached hydrogens (primary N) is 1. The smallest absolute Gasteiger partial charge is 0.346 e. The summed E-state index contributed by atoms with van der Waals surface area (Å²) in [4.78, 5) is 18.1. The zero-order chi connectivity index (χ0) is 12.4. The molecule has 5 nitrogen and oxygen atoms in total. The van der Waals surface area contributed by atoms with Gasteiger partial charge in [-0.2, -0.15) is 4.99 Å². The van der Waals surface area contributed by atoms with Gasteiger partial charge in [-0.25, -0.2) is 4.79 Å². The molecule has 0 bridgehead atoms. The van der Waals surface area contributed by atoms with Gasteiger partial charge in [0.1, 0.15) is 11.9 Å². The van der Waals surface area contributed by atoms with Crippen LogP contribution in [0.5, 0.6) is 0 Å². The Labute approximate surface area is 111 Å². The molecule has 7 heteroatoms. The van der Waals surface area contributed by atoms with E-state index in [1.54, 1.807) is 23.3 Å². The third-order valence-corrected chi connectivity index (χ3v) is 4.14. The van der Waals surface area contributed by atoms with Crippen LogP contribution in [0.15, 0.2) is 20.9 Å². The number of carbonyl (C=O) groups excluding carboxylic acids is 1. The zero-order valence-corrected chi connectivity index (χ0v) is 11.6. The summed E-state index contributed by atoms with van der Waals surface area (Å²) in [7, 11) is 1.60. The highest BCUT2D eigenvalue weighted by atomic mass is 79.9. The number of nitrogens with zero attached hydrogens (tertiary/aromatic N) is 2. The second-order valence-electron chi connectivity index (χ2n) is 3.55. The number of hydrogen-bond acceptors (Lipinski definition) is 4. The summed E-state index contributed by atoms with van der Waals surface area (Å²) in [5.41, 5.74) is 5.81. The summed E-state index contributed by atoms with van der Waals surface area (Å²) in [6.07, 6.45) is 0. The van der Waals surface area contributed by atoms with Crippen molar-refractivity contribution >= 4 is 39.1 Å². The molecule has 0 fully saturated rings. The summed E-state index contributed by atoms with van der Waals surface area (Å²) in [6, 6.07) is 3.33. The number of amidine groups is 1. The predicted molar refractivity (Wildman–Crippen MR) is 70.4 cm³/mol. The van der Waals surface area contributed by atoms with E-state index >= 15 is 0 Å². The van der Waals surface area contributed by atoms with Crippen molar-refractivity contribution < 1.29 is 9.53 Å². The van der Waals surface area contributed by atoms with Gasteiger partial charge in [0, 0.05) is 18.5 Å². The Kier molecular flexibility index (Phi) is 3.80. The van der Waals surface area contributed by atoms with Crippen LogP contribution >= 0.6 is 27.3 Å². The van der Waals surface area contributed by atoms with Crippen LogP contribution in [0, 0.1) is 0 Å². The molecule has 0 spiro atoms. The van der Waals surface area contributed by atoms with E-state index in [1.807, 2.05) is 12.1 Å². The van der Waals surface area contributed by atoms with Gasteiger partial charge in [-0.05, 0) is 28.1 Å². The van der Waals surface area contributed by atoms with Crippen LogP contribution in [0.1, 0.15) is 10.9 Å². The molecule has 0 saturated carbocycles. The first kappa shape index (κ1) is 12.5. The number of carbonyl (C=O) groups is 1. The van der Waals surface area contributed by atoms with Crippen LogP contribution in [0.2, 0.25) is 0 Å². The number of thiophene rings is 1. The molecule has 2 amide bonds. The van der Waals surface area contributed by atoms with Gasteiger partial charge in [-0.1, -0.05) is 0 Å². The molecule has 0 aliphatic carbocycles. The highest BCUT2D eigenvalue weighted by molar-refractivity contribution is 9.11. The van der Waals surface area contributed by atoms with E-state index in [2.05, 4.69) is 20.9 Å². The van der Waals surface area contributed by atoms with E-state index in [0.29, 0.717) is 19.0 Å². The molecule has 92 valence electrons. The molecular formula is C10H12BrN3O2S. The lowest BCUT2D eigenvalue weighted by molar-refractivity contribution is 0.151. The summed E-state index contributed by atoms with van der Waals surface area (Å²) in [5, 5.41) is 0. The number of ether oxygens (including phenoxy) is 1. The van der Waals surface area contributed by atoms with E-state index in [0.717, 1.165) is 8.66 Å². The third-order valence-electron chi connectivity index (χ3n) is 2.46. The standard InChI is InChI=1S/C10H12BrN3O2S/c1-16-5-4-14-8(9(12)13-10(14)15)6-2-3-7(11)17-6/h2-3,8H,4-5H2,1H3,(H2,12,13,15). The maximum absolute atomic E-state index is 11.7. The number of amides is 2. The first-order chi connectivity index (χ1) is 8.13. The maximum Gasteiger partial charge on any atom is 0.346 e. The highest BCUT2D eigenvalue weighted by Gasteiger charge is 2.35. The van der Waals surface area contributed by atoms with Crippen molar-refractivity contribution in [2.75, 3.05) is 20.3 Å². The Balaban J connectivity index is 2.23. The lowest BCUT2D eigenvalue weighted by Gasteiger charge is -2.22. The van der Waals surface area contributed by atoms with Crippen LogP contribution in [0.4, 0.5) is 4.79 Å². The lowest BCUT2D eigenvalue weighted by atomic mass is 10.2. The molecule has 0 saturated heterocycles. The first-order valence-electron chi connectivity index (χ1n) is 5.02. The molecule has 17 heavy (non-hydrogen) atoms. The zero-order valence-electron chi connectivity index (χ0n) is 9.22. The second kappa shape index (κ2) is 5.16. The van der Waals surface area contributed by atoms with E-state index in [-0.39, 0.29) is 12.1 Å². The second-order valence-corrected chi connectivity index (χ2v) is 6.04. The van der Waals surface area contributed by atoms with Crippen molar-refractivity contribution in [2.45, 2.75) is 6.04 Å². The summed E-state index contributed by atoms with van der Waals surface area (Å²) < 4.78 is 5.99. The van der Waals surface area contributed by atoms with E-state index in [1.165, 1.54) is 0 Å². The molecule has 2 N–H and O–H groups in total. The molecule has 1 atom stereocenters. The molecule has 1 aromatic rings. The predicted octanol–water partition coefficient (Wildman–Crippen LogP) is 1.99. The van der Waals surface area contributed by atoms with Crippen molar-refractivity contribution in [3.63, 3.8) is 0 Å². The minimum Gasteiger partial charge on any atom is -0.385 e. The summed E-state index contributed by atoms with van der Waals surface area (Å²) in [6.45, 7) is 0.956. The van der Waals surface area contributed by atoms with Crippen LogP contribution in [0.3, 0.4) is 0 Å². The van der Waals surface area contributed by atoms with Gasteiger partial charge in [-0.3, -0.25) is 0 Å². The number of rotatable bonds is 4. The Morgan fingerprint density at radius 3 is 3.00 bits per heavy atom. The highest BCUT2D eigenvalue weighted by Crippen LogP contribution is 2.33. The first-order valence-corrected chi connectivity index (χ1v) is 6.63. The molecule has 1 aliphatic rings. The van der Waals surface area contributed by atoms with Crippen molar-refractivity contribution in [2.24, 2.45) is 10.7 Å². The van der Waals surface area contributed by atoms with Crippen molar-refractivity contribution in [1.82, 2.24) is 4.90 Å². The lowest BCUT2D eigenvalue weighted by Crippen LogP contribution is -2.35. The van der Waals surface area contributed by atoms with Gasteiger partial charge in [0.25, 0.3) is 0 Å². The molecule has 1 aliphatic heterocycles. The normalized spacial score (nSPS) is 19.9. The number of urea groups is 1. The monoisotopic (exact) mass is 317 g/mol. The molecular weight excluding hydrogens is 306 g/mol. The molecule has 0 aromatic carbocycles. The molecule has 2 rings (SSSR count). The number of aliphatic imine (C=N–C) groups is 1. The summed E-state index contributed by atoms with van der Waals surface area (Å²) in [5.74, 6) is 0.348. The third kappa shape index (κ3) is 2.51. The Morgan fingerprint density at radius 1 is 1.65 bits per heavy atom. The van der Waals surface area contributed by atoms with Gasteiger partial charge in [0.2, 0.25) is 0 Å². The topological polar surface area (TPSA) is 67.9 Å². The number of hydrogen-bond donors (Lipinski definition) is 1. The van der Waals surface area contributed by atoms with E-state index in [9.17, 15) is 4.79 Å².